The van der Waals surface area contributed by atoms with Crippen molar-refractivity contribution < 1.29 is 14.4 Å². The number of amides is 3. The zero-order valence-electron chi connectivity index (χ0n) is 16.5. The Hall–Kier alpha value is -3.64. The van der Waals surface area contributed by atoms with E-state index in [2.05, 4.69) is 0 Å². The number of carbonyl (C=O) groups excluding carboxylic acids is 3. The van der Waals surface area contributed by atoms with Crippen molar-refractivity contribution in [2.45, 2.75) is 13.1 Å². The summed E-state index contributed by atoms with van der Waals surface area (Å²) in [7, 11) is 0. The first kappa shape index (κ1) is 19.3. The van der Waals surface area contributed by atoms with Crippen molar-refractivity contribution in [2.75, 3.05) is 4.90 Å². The topological polar surface area (TPSA) is 57.7 Å². The maximum Gasteiger partial charge on any atom is 0.293 e. The minimum atomic E-state index is -0.418. The van der Waals surface area contributed by atoms with Gasteiger partial charge in [0.15, 0.2) is 0 Å². The Kier molecular flexibility index (Phi) is 4.92. The van der Waals surface area contributed by atoms with Crippen molar-refractivity contribution in [1.29, 1.82) is 0 Å². The molecule has 0 atom stereocenters. The van der Waals surface area contributed by atoms with Gasteiger partial charge in [-0.3, -0.25) is 19.3 Å². The standard InChI is InChI=1S/C25H18N2O3S/c28-23-21(22-24(29)27(25(30)31-22)16-18-11-5-2-6-12-18)19-13-7-8-14-20(19)26(23)15-17-9-3-1-4-10-17/h1-14H,15-16H2. The van der Waals surface area contributed by atoms with E-state index >= 15 is 0 Å². The van der Waals surface area contributed by atoms with Crippen molar-refractivity contribution in [3.63, 3.8) is 0 Å². The fourth-order valence-electron chi connectivity index (χ4n) is 3.87. The molecule has 1 saturated heterocycles. The molecular formula is C25H18N2O3S. The van der Waals surface area contributed by atoms with Gasteiger partial charge in [-0.1, -0.05) is 78.9 Å². The van der Waals surface area contributed by atoms with Gasteiger partial charge in [-0.15, -0.1) is 0 Å². The largest absolute Gasteiger partial charge is 0.303 e. The highest BCUT2D eigenvalue weighted by Crippen LogP contribution is 2.45. The van der Waals surface area contributed by atoms with E-state index in [0.717, 1.165) is 28.6 Å². The molecule has 152 valence electrons. The Morgan fingerprint density at radius 1 is 0.613 bits per heavy atom. The van der Waals surface area contributed by atoms with Crippen LogP contribution in [0.3, 0.4) is 0 Å². The zero-order valence-corrected chi connectivity index (χ0v) is 17.3. The first-order chi connectivity index (χ1) is 15.1. The van der Waals surface area contributed by atoms with Gasteiger partial charge in [0.2, 0.25) is 0 Å². The number of fused-ring (bicyclic) bond motifs is 1. The Labute approximate surface area is 184 Å². The lowest BCUT2D eigenvalue weighted by atomic mass is 10.1. The van der Waals surface area contributed by atoms with Gasteiger partial charge in [0.25, 0.3) is 17.1 Å². The molecule has 0 saturated carbocycles. The molecule has 0 aliphatic carbocycles. The second-order valence-electron chi connectivity index (χ2n) is 7.34. The van der Waals surface area contributed by atoms with Gasteiger partial charge in [-0.25, -0.2) is 0 Å². The minimum Gasteiger partial charge on any atom is -0.303 e. The summed E-state index contributed by atoms with van der Waals surface area (Å²) in [6.07, 6.45) is 0. The highest BCUT2D eigenvalue weighted by atomic mass is 32.2. The molecule has 0 radical (unpaired) electrons. The number of carbonyl (C=O) groups is 3. The Balaban J connectivity index is 1.52. The van der Waals surface area contributed by atoms with Crippen LogP contribution < -0.4 is 4.90 Å². The van der Waals surface area contributed by atoms with Crippen molar-refractivity contribution in [3.8, 4) is 0 Å². The van der Waals surface area contributed by atoms with Gasteiger partial charge in [0.05, 0.1) is 29.3 Å². The smallest absolute Gasteiger partial charge is 0.293 e. The van der Waals surface area contributed by atoms with Crippen LogP contribution in [0.1, 0.15) is 16.7 Å². The number of hydrogen-bond acceptors (Lipinski definition) is 4. The number of para-hydroxylation sites is 1. The third-order valence-electron chi connectivity index (χ3n) is 5.37. The van der Waals surface area contributed by atoms with Crippen LogP contribution in [-0.4, -0.2) is 22.0 Å². The third kappa shape index (κ3) is 3.45. The number of rotatable bonds is 4. The van der Waals surface area contributed by atoms with Gasteiger partial charge < -0.3 is 4.90 Å². The van der Waals surface area contributed by atoms with E-state index in [9.17, 15) is 14.4 Å². The van der Waals surface area contributed by atoms with E-state index in [-0.39, 0.29) is 22.6 Å². The molecule has 5 nitrogen and oxygen atoms in total. The zero-order chi connectivity index (χ0) is 21.4. The molecule has 5 rings (SSSR count). The van der Waals surface area contributed by atoms with Crippen LogP contribution in [0.2, 0.25) is 0 Å². The molecule has 3 aromatic rings. The Bertz CT molecular complexity index is 1220. The normalized spacial score (nSPS) is 18.1. The maximum absolute atomic E-state index is 13.4. The Morgan fingerprint density at radius 3 is 1.81 bits per heavy atom. The number of benzene rings is 3. The predicted molar refractivity (Wildman–Crippen MR) is 121 cm³/mol. The molecule has 0 bridgehead atoms. The van der Waals surface area contributed by atoms with E-state index < -0.39 is 5.91 Å². The van der Waals surface area contributed by atoms with Crippen LogP contribution in [0.15, 0.2) is 89.8 Å². The van der Waals surface area contributed by atoms with Gasteiger partial charge >= 0.3 is 0 Å². The van der Waals surface area contributed by atoms with Gasteiger partial charge in [-0.2, -0.15) is 0 Å². The molecule has 3 aromatic carbocycles. The van der Waals surface area contributed by atoms with Crippen molar-refractivity contribution in [1.82, 2.24) is 4.90 Å². The molecule has 0 unspecified atom stereocenters. The SMILES string of the molecule is O=C1SC(=C2C(=O)N(Cc3ccccc3)c3ccccc32)C(=O)N1Cc1ccccc1. The molecule has 3 amide bonds. The summed E-state index contributed by atoms with van der Waals surface area (Å²) in [4.78, 5) is 42.4. The quantitative estimate of drug-likeness (QED) is 0.560. The summed E-state index contributed by atoms with van der Waals surface area (Å²) in [5.41, 5.74) is 3.60. The monoisotopic (exact) mass is 426 g/mol. The fourth-order valence-corrected chi connectivity index (χ4v) is 4.80. The average Bonchev–Trinajstić information content (AvgIpc) is 3.23. The first-order valence-electron chi connectivity index (χ1n) is 9.90. The molecule has 2 heterocycles. The molecule has 31 heavy (non-hydrogen) atoms. The summed E-state index contributed by atoms with van der Waals surface area (Å²) >= 11 is 0.844. The lowest BCUT2D eigenvalue weighted by molar-refractivity contribution is -0.123. The molecule has 1 fully saturated rings. The van der Waals surface area contributed by atoms with Gasteiger partial charge in [-0.05, 0) is 29.0 Å². The van der Waals surface area contributed by atoms with Crippen LogP contribution in [0, 0.1) is 0 Å². The van der Waals surface area contributed by atoms with E-state index in [1.54, 1.807) is 4.90 Å². The first-order valence-corrected chi connectivity index (χ1v) is 10.7. The van der Waals surface area contributed by atoms with Crippen LogP contribution in [0.4, 0.5) is 10.5 Å². The van der Waals surface area contributed by atoms with Crippen LogP contribution in [0.25, 0.3) is 5.57 Å². The molecule has 2 aliphatic rings. The minimum absolute atomic E-state index is 0.186. The van der Waals surface area contributed by atoms with E-state index in [1.165, 1.54) is 4.90 Å². The molecule has 2 aliphatic heterocycles. The number of anilines is 1. The Morgan fingerprint density at radius 2 is 1.16 bits per heavy atom. The fraction of sp³-hybridized carbons (Fsp3) is 0.0800. The highest BCUT2D eigenvalue weighted by Gasteiger charge is 2.43. The lowest BCUT2D eigenvalue weighted by Gasteiger charge is -2.17. The molecular weight excluding hydrogens is 408 g/mol. The van der Waals surface area contributed by atoms with Gasteiger partial charge in [0.1, 0.15) is 0 Å². The number of thioether (sulfide) groups is 1. The van der Waals surface area contributed by atoms with E-state index in [0.29, 0.717) is 17.7 Å². The maximum atomic E-state index is 13.4. The van der Waals surface area contributed by atoms with E-state index in [4.69, 9.17) is 0 Å². The summed E-state index contributed by atoms with van der Waals surface area (Å²) in [6, 6.07) is 26.5. The summed E-state index contributed by atoms with van der Waals surface area (Å²) < 4.78 is 0. The summed E-state index contributed by atoms with van der Waals surface area (Å²) in [5, 5.41) is -0.358. The van der Waals surface area contributed by atoms with E-state index in [1.807, 2.05) is 84.9 Å². The lowest BCUT2D eigenvalue weighted by Crippen LogP contribution is -2.29. The summed E-state index contributed by atoms with van der Waals surface area (Å²) in [6.45, 7) is 0.583. The summed E-state index contributed by atoms with van der Waals surface area (Å²) in [5.74, 6) is -0.672. The third-order valence-corrected chi connectivity index (χ3v) is 6.34. The van der Waals surface area contributed by atoms with Crippen molar-refractivity contribution in [3.05, 3.63) is 107 Å². The van der Waals surface area contributed by atoms with Crippen LogP contribution >= 0.6 is 11.8 Å². The van der Waals surface area contributed by atoms with Crippen molar-refractivity contribution >= 4 is 40.1 Å². The molecule has 0 N–H and O–H groups in total. The van der Waals surface area contributed by atoms with Gasteiger partial charge in [0, 0.05) is 5.56 Å². The second kappa shape index (κ2) is 7.89. The second-order valence-corrected chi connectivity index (χ2v) is 8.30. The highest BCUT2D eigenvalue weighted by molar-refractivity contribution is 8.18. The predicted octanol–water partition coefficient (Wildman–Crippen LogP) is 4.84. The number of nitrogens with zero attached hydrogens (tertiary/aromatic N) is 2. The van der Waals surface area contributed by atoms with Crippen LogP contribution in [0.5, 0.6) is 0 Å². The number of hydrogen-bond donors (Lipinski definition) is 0. The van der Waals surface area contributed by atoms with Crippen molar-refractivity contribution in [2.24, 2.45) is 0 Å². The molecule has 0 aromatic heterocycles. The average molecular weight is 426 g/mol. The van der Waals surface area contributed by atoms with Crippen LogP contribution in [-0.2, 0) is 22.7 Å². The number of imide groups is 1. The molecule has 0 spiro atoms. The molecule has 6 heteroatoms.